The number of nitrogens with zero attached hydrogens (tertiary/aromatic N) is 3. The Balaban J connectivity index is 0.00000342. The fourth-order valence-corrected chi connectivity index (χ4v) is 4.37. The van der Waals surface area contributed by atoms with Crippen LogP contribution in [0.2, 0.25) is 5.02 Å². The average Bonchev–Trinajstić information content (AvgIpc) is 2.86. The van der Waals surface area contributed by atoms with Crippen LogP contribution in [0, 0.1) is 0 Å². The first-order chi connectivity index (χ1) is 16.4. The summed E-state index contributed by atoms with van der Waals surface area (Å²) in [5.74, 6) is -0.119. The molecule has 0 unspecified atom stereocenters. The highest BCUT2D eigenvalue weighted by molar-refractivity contribution is 7.59. The number of hydrogen-bond donors (Lipinski definition) is 0. The van der Waals surface area contributed by atoms with Crippen molar-refractivity contribution in [2.45, 2.75) is 33.0 Å². The second-order valence-corrected chi connectivity index (χ2v) is 8.87. The topological polar surface area (TPSA) is 62.7 Å². The zero-order valence-corrected chi connectivity index (χ0v) is 21.5. The Bertz CT molecular complexity index is 1210. The van der Waals surface area contributed by atoms with Crippen molar-refractivity contribution in [3.05, 3.63) is 64.7 Å². The molecular formula is C26H29ClFN3O3S. The number of hydrogen-bond acceptors (Lipinski definition) is 4. The van der Waals surface area contributed by atoms with Gasteiger partial charge in [0.05, 0.1) is 22.8 Å². The first kappa shape index (κ1) is 26.8. The molecule has 0 spiro atoms. The lowest BCUT2D eigenvalue weighted by molar-refractivity contribution is 0.0414. The van der Waals surface area contributed by atoms with Crippen LogP contribution in [0.25, 0.3) is 22.2 Å². The van der Waals surface area contributed by atoms with Crippen molar-refractivity contribution in [2.24, 2.45) is 0 Å². The summed E-state index contributed by atoms with van der Waals surface area (Å²) in [5, 5.41) is 1.28. The van der Waals surface area contributed by atoms with E-state index >= 15 is 0 Å². The Morgan fingerprint density at radius 2 is 1.89 bits per heavy atom. The molecule has 35 heavy (non-hydrogen) atoms. The molecule has 1 atom stereocenters. The highest BCUT2D eigenvalue weighted by atomic mass is 35.5. The lowest BCUT2D eigenvalue weighted by Crippen LogP contribution is -2.55. The van der Waals surface area contributed by atoms with Gasteiger partial charge < -0.3 is 14.5 Å². The Labute approximate surface area is 216 Å². The van der Waals surface area contributed by atoms with E-state index in [1.807, 2.05) is 13.8 Å². The van der Waals surface area contributed by atoms with Gasteiger partial charge >= 0.3 is 6.09 Å². The predicted molar refractivity (Wildman–Crippen MR) is 141 cm³/mol. The average molecular weight is 518 g/mol. The van der Waals surface area contributed by atoms with Gasteiger partial charge in [0.15, 0.2) is 0 Å². The number of pyridine rings is 1. The minimum atomic E-state index is -0.524. The van der Waals surface area contributed by atoms with Gasteiger partial charge in [0.1, 0.15) is 6.67 Å². The third-order valence-corrected chi connectivity index (χ3v) is 6.30. The summed E-state index contributed by atoms with van der Waals surface area (Å²) >= 11 is 6.51. The largest absolute Gasteiger partial charge is 0.449 e. The monoisotopic (exact) mass is 517 g/mol. The molecule has 2 aromatic carbocycles. The molecule has 0 radical (unpaired) electrons. The van der Waals surface area contributed by atoms with Gasteiger partial charge in [-0.1, -0.05) is 48.9 Å². The van der Waals surface area contributed by atoms with E-state index in [2.05, 4.69) is 0 Å². The maximum Gasteiger partial charge on any atom is 0.409 e. The van der Waals surface area contributed by atoms with Gasteiger partial charge in [-0.3, -0.25) is 4.79 Å². The Hall–Kier alpha value is -2.84. The zero-order valence-electron chi connectivity index (χ0n) is 19.8. The van der Waals surface area contributed by atoms with Crippen LogP contribution in [0.3, 0.4) is 0 Å². The number of carbonyl (C=O) groups is 2. The highest BCUT2D eigenvalue weighted by Crippen LogP contribution is 2.29. The molecule has 0 N–H and O–H groups in total. The molecule has 0 aliphatic carbocycles. The Kier molecular flexibility index (Phi) is 8.97. The summed E-state index contributed by atoms with van der Waals surface area (Å²) < 4.78 is 18.1. The molecule has 1 aliphatic rings. The van der Waals surface area contributed by atoms with Gasteiger partial charge in [0, 0.05) is 42.2 Å². The Morgan fingerprint density at radius 3 is 2.54 bits per heavy atom. The summed E-state index contributed by atoms with van der Waals surface area (Å²) in [4.78, 5) is 33.6. The highest BCUT2D eigenvalue weighted by Gasteiger charge is 2.31. The molecule has 1 aliphatic heterocycles. The number of amides is 2. The first-order valence-corrected chi connectivity index (χ1v) is 11.8. The number of ether oxygens (including phenoxy) is 1. The lowest BCUT2D eigenvalue weighted by atomic mass is 10.1. The normalized spacial score (nSPS) is 15.6. The van der Waals surface area contributed by atoms with E-state index in [0.29, 0.717) is 53.6 Å². The molecule has 1 saturated heterocycles. The number of alkyl halides is 1. The fourth-order valence-electron chi connectivity index (χ4n) is 4.10. The van der Waals surface area contributed by atoms with E-state index in [4.69, 9.17) is 21.3 Å². The van der Waals surface area contributed by atoms with E-state index in [1.165, 1.54) is 0 Å². The standard InChI is InChI=1S/C26H27ClFN3O3.H2S/c1-3-12-34-26(33)30-10-11-31(17(2)16-30)25(32)20-8-9-21-22(27)14-23(29-24(21)13-20)19-6-4-18(15-28)5-7-19;/h4-9,13-14,17H,3,10-12,15-16H2,1-2H3;1H2/t17-;/m0./s1. The van der Waals surface area contributed by atoms with Gasteiger partial charge in [-0.05, 0) is 37.1 Å². The molecule has 0 saturated carbocycles. The smallest absolute Gasteiger partial charge is 0.409 e. The van der Waals surface area contributed by atoms with E-state index < -0.39 is 6.67 Å². The van der Waals surface area contributed by atoms with Crippen molar-refractivity contribution < 1.29 is 18.7 Å². The van der Waals surface area contributed by atoms with Crippen molar-refractivity contribution in [2.75, 3.05) is 26.2 Å². The number of piperazine rings is 1. The fraction of sp³-hybridized carbons (Fsp3) is 0.346. The molecule has 6 nitrogen and oxygen atoms in total. The number of halogens is 2. The van der Waals surface area contributed by atoms with Crippen LogP contribution in [0.4, 0.5) is 9.18 Å². The summed E-state index contributed by atoms with van der Waals surface area (Å²) in [7, 11) is 0. The SMILES string of the molecule is CCCOC(=O)N1CCN(C(=O)c2ccc3c(Cl)cc(-c4ccc(CF)cc4)nc3c2)[C@@H](C)C1.S. The molecule has 2 heterocycles. The maximum absolute atomic E-state index is 13.3. The van der Waals surface area contributed by atoms with Crippen molar-refractivity contribution >= 4 is 48.0 Å². The molecule has 2 amide bonds. The number of fused-ring (bicyclic) bond motifs is 1. The van der Waals surface area contributed by atoms with E-state index in [1.54, 1.807) is 58.3 Å². The Morgan fingerprint density at radius 1 is 1.14 bits per heavy atom. The molecule has 1 aromatic heterocycles. The van der Waals surface area contributed by atoms with E-state index in [-0.39, 0.29) is 31.5 Å². The second-order valence-electron chi connectivity index (χ2n) is 8.46. The minimum Gasteiger partial charge on any atom is -0.449 e. The zero-order chi connectivity index (χ0) is 24.2. The third kappa shape index (κ3) is 5.87. The van der Waals surface area contributed by atoms with Crippen LogP contribution in [0.15, 0.2) is 48.5 Å². The van der Waals surface area contributed by atoms with Gasteiger partial charge in [-0.15, -0.1) is 0 Å². The molecule has 0 bridgehead atoms. The third-order valence-electron chi connectivity index (χ3n) is 5.99. The minimum absolute atomic E-state index is 0. The van der Waals surface area contributed by atoms with Crippen molar-refractivity contribution in [3.8, 4) is 11.3 Å². The molecule has 186 valence electrons. The first-order valence-electron chi connectivity index (χ1n) is 11.4. The van der Waals surface area contributed by atoms with Crippen molar-refractivity contribution in [3.63, 3.8) is 0 Å². The second kappa shape index (κ2) is 11.7. The van der Waals surface area contributed by atoms with Gasteiger partial charge in [-0.2, -0.15) is 13.5 Å². The maximum atomic E-state index is 13.3. The van der Waals surface area contributed by atoms with Gasteiger partial charge in [0.2, 0.25) is 0 Å². The van der Waals surface area contributed by atoms with Crippen LogP contribution >= 0.6 is 25.1 Å². The van der Waals surface area contributed by atoms with Crippen LogP contribution in [-0.4, -0.2) is 59.1 Å². The number of benzene rings is 2. The van der Waals surface area contributed by atoms with Gasteiger partial charge in [-0.25, -0.2) is 14.2 Å². The summed E-state index contributed by atoms with van der Waals surface area (Å²) in [6, 6.07) is 14.0. The van der Waals surface area contributed by atoms with E-state index in [0.717, 1.165) is 17.4 Å². The van der Waals surface area contributed by atoms with E-state index in [9.17, 15) is 14.0 Å². The quantitative estimate of drug-likeness (QED) is 0.427. The van der Waals surface area contributed by atoms with Crippen LogP contribution in [-0.2, 0) is 11.4 Å². The van der Waals surface area contributed by atoms with Crippen LogP contribution in [0.1, 0.15) is 36.2 Å². The van der Waals surface area contributed by atoms with Gasteiger partial charge in [0.25, 0.3) is 5.91 Å². The predicted octanol–water partition coefficient (Wildman–Crippen LogP) is 5.83. The summed E-state index contributed by atoms with van der Waals surface area (Å²) in [5.41, 5.74) is 3.18. The molecule has 4 rings (SSSR count). The molecule has 3 aromatic rings. The number of aromatic nitrogens is 1. The van der Waals surface area contributed by atoms with Crippen LogP contribution < -0.4 is 0 Å². The lowest BCUT2D eigenvalue weighted by Gasteiger charge is -2.39. The summed E-state index contributed by atoms with van der Waals surface area (Å²) in [6.07, 6.45) is 0.433. The molecular weight excluding hydrogens is 489 g/mol. The molecule has 9 heteroatoms. The number of rotatable bonds is 5. The summed E-state index contributed by atoms with van der Waals surface area (Å²) in [6.45, 7) is 5.01. The van der Waals surface area contributed by atoms with Crippen LogP contribution in [0.5, 0.6) is 0 Å². The molecule has 1 fully saturated rings. The van der Waals surface area contributed by atoms with Crippen molar-refractivity contribution in [1.82, 2.24) is 14.8 Å². The number of carbonyl (C=O) groups excluding carboxylic acids is 2. The van der Waals surface area contributed by atoms with Crippen molar-refractivity contribution in [1.29, 1.82) is 0 Å².